The van der Waals surface area contributed by atoms with Crippen LogP contribution in [0.25, 0.3) is 0 Å². The molecule has 3 nitrogen and oxygen atoms in total. The molecule has 0 spiro atoms. The summed E-state index contributed by atoms with van der Waals surface area (Å²) >= 11 is 5.52. The molecule has 0 fully saturated rings. The molecule has 0 aromatic carbocycles. The maximum absolute atomic E-state index is 10.4. The van der Waals surface area contributed by atoms with Gasteiger partial charge in [0.05, 0.1) is 0 Å². The van der Waals surface area contributed by atoms with Gasteiger partial charge in [-0.25, -0.2) is 4.79 Å². The summed E-state index contributed by atoms with van der Waals surface area (Å²) in [7, 11) is 0. The van der Waals surface area contributed by atoms with Gasteiger partial charge in [-0.05, 0) is 12.2 Å². The van der Waals surface area contributed by atoms with E-state index in [2.05, 4.69) is 0 Å². The highest BCUT2D eigenvalue weighted by atomic mass is 35.5. The van der Waals surface area contributed by atoms with Crippen molar-refractivity contribution in [1.29, 1.82) is 0 Å². The molecule has 4 heteroatoms. The van der Waals surface area contributed by atoms with Crippen molar-refractivity contribution in [3.63, 3.8) is 0 Å². The van der Waals surface area contributed by atoms with E-state index in [1.807, 2.05) is 0 Å². The van der Waals surface area contributed by atoms with E-state index in [9.17, 15) is 9.90 Å². The first kappa shape index (κ1) is 8.30. The molecule has 1 rings (SSSR count). The van der Waals surface area contributed by atoms with Gasteiger partial charge in [-0.15, -0.1) is 0 Å². The zero-order valence-electron chi connectivity index (χ0n) is 5.62. The fourth-order valence-electron chi connectivity index (χ4n) is 0.765. The Hall–Kier alpha value is -0.800. The minimum atomic E-state index is -1.77. The molecule has 0 saturated heterocycles. The summed E-state index contributed by atoms with van der Waals surface area (Å²) < 4.78 is 0. The van der Waals surface area contributed by atoms with Gasteiger partial charge in [0, 0.05) is 11.5 Å². The maximum Gasteiger partial charge on any atom is 0.340 e. The molecule has 0 aliphatic heterocycles. The summed E-state index contributed by atoms with van der Waals surface area (Å²) in [5.74, 6) is -1.26. The summed E-state index contributed by atoms with van der Waals surface area (Å²) in [6, 6.07) is 0. The largest absolute Gasteiger partial charge is 0.479 e. The van der Waals surface area contributed by atoms with Crippen LogP contribution in [-0.2, 0) is 4.79 Å². The van der Waals surface area contributed by atoms with Gasteiger partial charge in [0.25, 0.3) is 0 Å². The van der Waals surface area contributed by atoms with Crippen molar-refractivity contribution < 1.29 is 15.0 Å². The maximum atomic E-state index is 10.4. The predicted molar refractivity (Wildman–Crippen MR) is 40.3 cm³/mol. The van der Waals surface area contributed by atoms with Gasteiger partial charge in [0.2, 0.25) is 0 Å². The molecule has 1 unspecified atom stereocenters. The van der Waals surface area contributed by atoms with Crippen LogP contribution in [-0.4, -0.2) is 21.8 Å². The second kappa shape index (κ2) is 2.68. The van der Waals surface area contributed by atoms with Crippen LogP contribution < -0.4 is 0 Å². The third-order valence-electron chi connectivity index (χ3n) is 1.50. The number of aliphatic carboxylic acids is 1. The van der Waals surface area contributed by atoms with Crippen LogP contribution in [0.4, 0.5) is 0 Å². The molecule has 0 bridgehead atoms. The first-order valence-electron chi connectivity index (χ1n) is 3.05. The van der Waals surface area contributed by atoms with Crippen molar-refractivity contribution in [2.24, 2.45) is 0 Å². The van der Waals surface area contributed by atoms with E-state index in [0.717, 1.165) is 0 Å². The lowest BCUT2D eigenvalue weighted by molar-refractivity contribution is -0.153. The van der Waals surface area contributed by atoms with E-state index in [4.69, 9.17) is 16.7 Å². The second-order valence-corrected chi connectivity index (χ2v) is 2.79. The monoisotopic (exact) mass is 174 g/mol. The molecule has 2 N–H and O–H groups in total. The fourth-order valence-corrected chi connectivity index (χ4v) is 0.905. The normalized spacial score (nSPS) is 29.8. The summed E-state index contributed by atoms with van der Waals surface area (Å²) in [6.45, 7) is 0. The number of hydrogen-bond acceptors (Lipinski definition) is 2. The molecule has 0 aromatic heterocycles. The van der Waals surface area contributed by atoms with Gasteiger partial charge in [0.15, 0.2) is 5.60 Å². The lowest BCUT2D eigenvalue weighted by Crippen LogP contribution is -2.36. The predicted octanol–water partition coefficient (Wildman–Crippen LogP) is 0.885. The molecule has 11 heavy (non-hydrogen) atoms. The Morgan fingerprint density at radius 2 is 2.36 bits per heavy atom. The Bertz CT molecular complexity index is 244. The Kier molecular flexibility index (Phi) is 2.02. The number of rotatable bonds is 1. The molecule has 1 aliphatic rings. The number of hydrogen-bond donors (Lipinski definition) is 2. The first-order valence-corrected chi connectivity index (χ1v) is 3.43. The third-order valence-corrected chi connectivity index (χ3v) is 1.78. The number of aliphatic hydroxyl groups is 1. The van der Waals surface area contributed by atoms with Crippen LogP contribution in [0.2, 0.25) is 0 Å². The molecule has 60 valence electrons. The Labute approximate surface area is 68.6 Å². The van der Waals surface area contributed by atoms with Crippen molar-refractivity contribution in [3.05, 3.63) is 23.3 Å². The summed E-state index contributed by atoms with van der Waals surface area (Å²) in [6.07, 6.45) is 4.05. The molecule has 1 aliphatic carbocycles. The van der Waals surface area contributed by atoms with E-state index < -0.39 is 11.6 Å². The highest BCUT2D eigenvalue weighted by Gasteiger charge is 2.33. The van der Waals surface area contributed by atoms with E-state index in [1.165, 1.54) is 18.2 Å². The number of carboxylic acid groups (broad SMARTS) is 1. The van der Waals surface area contributed by atoms with Gasteiger partial charge in [-0.3, -0.25) is 0 Å². The minimum absolute atomic E-state index is 0.0255. The second-order valence-electron chi connectivity index (χ2n) is 2.36. The summed E-state index contributed by atoms with van der Waals surface area (Å²) in [5, 5.41) is 18.2. The zero-order valence-corrected chi connectivity index (χ0v) is 6.38. The molecule has 0 radical (unpaired) electrons. The molecule has 0 heterocycles. The van der Waals surface area contributed by atoms with Gasteiger partial charge in [0.1, 0.15) is 0 Å². The Balaban J connectivity index is 2.82. The Morgan fingerprint density at radius 3 is 2.73 bits per heavy atom. The van der Waals surface area contributed by atoms with E-state index in [-0.39, 0.29) is 6.42 Å². The quantitative estimate of drug-likeness (QED) is 0.621. The SMILES string of the molecule is O=C(O)C1(O)C=CC(Cl)=CC1. The summed E-state index contributed by atoms with van der Waals surface area (Å²) in [5.41, 5.74) is -1.77. The van der Waals surface area contributed by atoms with Crippen molar-refractivity contribution in [2.45, 2.75) is 12.0 Å². The van der Waals surface area contributed by atoms with Crippen LogP contribution in [0.3, 0.4) is 0 Å². The average molecular weight is 175 g/mol. The number of carbonyl (C=O) groups is 1. The van der Waals surface area contributed by atoms with Crippen molar-refractivity contribution in [1.82, 2.24) is 0 Å². The zero-order chi connectivity index (χ0) is 8.48. The highest BCUT2D eigenvalue weighted by Crippen LogP contribution is 2.22. The molecule has 0 amide bonds. The molecular formula is C7H7ClO3. The average Bonchev–Trinajstić information content (AvgIpc) is 1.95. The van der Waals surface area contributed by atoms with Gasteiger partial charge in [-0.2, -0.15) is 0 Å². The van der Waals surface area contributed by atoms with Gasteiger partial charge in [-0.1, -0.05) is 17.7 Å². The van der Waals surface area contributed by atoms with Gasteiger partial charge < -0.3 is 10.2 Å². The lowest BCUT2D eigenvalue weighted by atomic mass is 9.96. The van der Waals surface area contributed by atoms with Crippen molar-refractivity contribution >= 4 is 17.6 Å². The minimum Gasteiger partial charge on any atom is -0.479 e. The molecule has 0 saturated carbocycles. The van der Waals surface area contributed by atoms with Crippen molar-refractivity contribution in [2.75, 3.05) is 0 Å². The molecular weight excluding hydrogens is 168 g/mol. The van der Waals surface area contributed by atoms with E-state index in [1.54, 1.807) is 0 Å². The van der Waals surface area contributed by atoms with E-state index in [0.29, 0.717) is 5.03 Å². The van der Waals surface area contributed by atoms with Crippen LogP contribution in [0.1, 0.15) is 6.42 Å². The van der Waals surface area contributed by atoms with Crippen LogP contribution >= 0.6 is 11.6 Å². The van der Waals surface area contributed by atoms with Crippen molar-refractivity contribution in [3.8, 4) is 0 Å². The van der Waals surface area contributed by atoms with Crippen LogP contribution in [0.5, 0.6) is 0 Å². The fraction of sp³-hybridized carbons (Fsp3) is 0.286. The van der Waals surface area contributed by atoms with Gasteiger partial charge >= 0.3 is 5.97 Å². The third kappa shape index (κ3) is 1.61. The van der Waals surface area contributed by atoms with Crippen LogP contribution in [0, 0.1) is 0 Å². The lowest BCUT2D eigenvalue weighted by Gasteiger charge is -2.19. The Morgan fingerprint density at radius 1 is 1.73 bits per heavy atom. The number of carboxylic acids is 1. The smallest absolute Gasteiger partial charge is 0.340 e. The highest BCUT2D eigenvalue weighted by molar-refractivity contribution is 6.31. The molecule has 1 atom stereocenters. The number of allylic oxidation sites excluding steroid dienone is 2. The topological polar surface area (TPSA) is 57.5 Å². The van der Waals surface area contributed by atoms with Crippen LogP contribution in [0.15, 0.2) is 23.3 Å². The standard InChI is InChI=1S/C7H7ClO3/c8-5-1-3-7(11,4-2-5)6(9)10/h1-3,11H,4H2,(H,9,10). The summed E-state index contributed by atoms with van der Waals surface area (Å²) in [4.78, 5) is 10.4. The number of halogens is 1. The molecule has 0 aromatic rings. The first-order chi connectivity index (χ1) is 5.04. The van der Waals surface area contributed by atoms with E-state index >= 15 is 0 Å².